The van der Waals surface area contributed by atoms with Gasteiger partial charge in [-0.05, 0) is 44.9 Å². The van der Waals surface area contributed by atoms with E-state index in [2.05, 4.69) is 15.4 Å². The number of hydrogen-bond donors (Lipinski definition) is 4. The summed E-state index contributed by atoms with van der Waals surface area (Å²) in [6.45, 7) is 3.97. The third-order valence-electron chi connectivity index (χ3n) is 4.94. The Kier molecular flexibility index (Phi) is 4.93. The van der Waals surface area contributed by atoms with Crippen LogP contribution in [0, 0.1) is 0 Å². The van der Waals surface area contributed by atoms with Crippen molar-refractivity contribution in [1.29, 1.82) is 0 Å². The lowest BCUT2D eigenvalue weighted by Crippen LogP contribution is -2.19. The standard InChI is InChI=1S/C23H24N6O3/c1-13(2)32-18-5-3-4-17(10-18)25-19-11-20(26-16-6-7-16)29-22(27-19)15(12-24-29)8-14-9-21(30)28-23(14)31/h3-5,8-13,16,25,28,30-31H,6-7H2,1-2H3. The number of aromatic nitrogens is 4. The smallest absolute Gasteiger partial charge is 0.198 e. The van der Waals surface area contributed by atoms with Gasteiger partial charge in [-0.3, -0.25) is 9.98 Å². The quantitative estimate of drug-likeness (QED) is 0.372. The van der Waals surface area contributed by atoms with Gasteiger partial charge in [0, 0.05) is 34.7 Å². The van der Waals surface area contributed by atoms with Crippen LogP contribution in [0.15, 0.2) is 47.6 Å². The summed E-state index contributed by atoms with van der Waals surface area (Å²) in [7, 11) is 0. The van der Waals surface area contributed by atoms with E-state index in [0.717, 1.165) is 24.3 Å². The predicted molar refractivity (Wildman–Crippen MR) is 120 cm³/mol. The molecule has 0 unspecified atom stereocenters. The first-order valence-electron chi connectivity index (χ1n) is 10.5. The van der Waals surface area contributed by atoms with E-state index < -0.39 is 0 Å². The molecule has 3 aromatic heterocycles. The molecule has 1 aromatic carbocycles. The summed E-state index contributed by atoms with van der Waals surface area (Å²) in [6.07, 6.45) is 5.59. The number of anilines is 2. The minimum Gasteiger partial charge on any atom is -0.494 e. The van der Waals surface area contributed by atoms with E-state index in [1.165, 1.54) is 6.07 Å². The van der Waals surface area contributed by atoms with Gasteiger partial charge in [0.05, 0.1) is 18.3 Å². The molecule has 1 aliphatic carbocycles. The van der Waals surface area contributed by atoms with Crippen molar-refractivity contribution in [2.24, 2.45) is 4.99 Å². The molecule has 3 heterocycles. The molecule has 4 aromatic rings. The number of fused-ring (bicyclic) bond motifs is 1. The highest BCUT2D eigenvalue weighted by Gasteiger charge is 2.20. The van der Waals surface area contributed by atoms with Crippen LogP contribution in [-0.2, 0) is 0 Å². The van der Waals surface area contributed by atoms with Crippen LogP contribution >= 0.6 is 0 Å². The molecule has 0 spiro atoms. The molecule has 4 N–H and O–H groups in total. The van der Waals surface area contributed by atoms with Crippen molar-refractivity contribution in [2.75, 3.05) is 5.32 Å². The van der Waals surface area contributed by atoms with E-state index in [1.54, 1.807) is 16.8 Å². The fourth-order valence-corrected chi connectivity index (χ4v) is 3.40. The molecule has 0 radical (unpaired) electrons. The number of benzene rings is 1. The summed E-state index contributed by atoms with van der Waals surface area (Å²) in [5.41, 5.74) is 2.58. The van der Waals surface area contributed by atoms with Gasteiger partial charge in [0.15, 0.2) is 22.9 Å². The maximum atomic E-state index is 9.98. The van der Waals surface area contributed by atoms with Crippen LogP contribution in [0.2, 0.25) is 0 Å². The molecule has 9 heteroatoms. The number of nitrogens with zero attached hydrogens (tertiary/aromatic N) is 4. The molecule has 1 fully saturated rings. The van der Waals surface area contributed by atoms with E-state index in [4.69, 9.17) is 14.7 Å². The summed E-state index contributed by atoms with van der Waals surface area (Å²) in [5.74, 6) is 1.15. The van der Waals surface area contributed by atoms with Gasteiger partial charge in [0.25, 0.3) is 0 Å². The maximum absolute atomic E-state index is 9.98. The maximum Gasteiger partial charge on any atom is 0.198 e. The van der Waals surface area contributed by atoms with Crippen LogP contribution in [0.25, 0.3) is 11.7 Å². The van der Waals surface area contributed by atoms with Crippen LogP contribution in [0.3, 0.4) is 0 Å². The number of nitrogens with one attached hydrogen (secondary N) is 2. The second kappa shape index (κ2) is 7.92. The Morgan fingerprint density at radius 3 is 2.81 bits per heavy atom. The minimum atomic E-state index is -0.124. The molecule has 0 aliphatic heterocycles. The molecule has 1 saturated carbocycles. The molecule has 0 atom stereocenters. The van der Waals surface area contributed by atoms with Crippen LogP contribution in [0.4, 0.5) is 11.5 Å². The first kappa shape index (κ1) is 19.9. The molecular weight excluding hydrogens is 408 g/mol. The van der Waals surface area contributed by atoms with Crippen LogP contribution in [-0.4, -0.2) is 41.9 Å². The van der Waals surface area contributed by atoms with Crippen LogP contribution in [0.5, 0.6) is 17.5 Å². The van der Waals surface area contributed by atoms with E-state index in [9.17, 15) is 10.2 Å². The topological polar surface area (TPSA) is 120 Å². The molecule has 0 saturated heterocycles. The summed E-state index contributed by atoms with van der Waals surface area (Å²) in [5, 5.41) is 28.1. The van der Waals surface area contributed by atoms with Crippen molar-refractivity contribution in [1.82, 2.24) is 19.6 Å². The predicted octanol–water partition coefficient (Wildman–Crippen LogP) is 2.61. The second-order valence-corrected chi connectivity index (χ2v) is 8.12. The van der Waals surface area contributed by atoms with Gasteiger partial charge in [0.1, 0.15) is 11.6 Å². The summed E-state index contributed by atoms with van der Waals surface area (Å²) in [4.78, 5) is 12.0. The highest BCUT2D eigenvalue weighted by Crippen LogP contribution is 2.24. The molecular formula is C23H24N6O3. The first-order valence-corrected chi connectivity index (χ1v) is 10.5. The average molecular weight is 432 g/mol. The van der Waals surface area contributed by atoms with Gasteiger partial charge in [-0.25, -0.2) is 4.98 Å². The van der Waals surface area contributed by atoms with Gasteiger partial charge in [-0.15, -0.1) is 0 Å². The molecule has 0 bridgehead atoms. The zero-order valence-corrected chi connectivity index (χ0v) is 17.8. The molecule has 0 amide bonds. The Hall–Kier alpha value is -4.01. The largest absolute Gasteiger partial charge is 0.494 e. The molecule has 5 rings (SSSR count). The molecule has 1 aliphatic rings. The number of hydrogen-bond acceptors (Lipinski definition) is 7. The SMILES string of the molecule is CC(C)Oc1cccc(Nc2cc(=NC3CC3)n3ncc(=Cc4cc(O)[nH]c4O)c3n2)c1. The van der Waals surface area contributed by atoms with E-state index in [1.807, 2.05) is 44.2 Å². The minimum absolute atomic E-state index is 0.0813. The third-order valence-corrected chi connectivity index (χ3v) is 4.94. The lowest BCUT2D eigenvalue weighted by molar-refractivity contribution is 0.242. The average Bonchev–Trinajstić information content (AvgIpc) is 3.36. The zero-order chi connectivity index (χ0) is 22.2. The van der Waals surface area contributed by atoms with Gasteiger partial charge >= 0.3 is 0 Å². The summed E-state index contributed by atoms with van der Waals surface area (Å²) >= 11 is 0. The van der Waals surface area contributed by atoms with Gasteiger partial charge in [0.2, 0.25) is 0 Å². The number of aromatic hydroxyl groups is 2. The Labute approximate surface area is 183 Å². The van der Waals surface area contributed by atoms with Gasteiger partial charge in [-0.1, -0.05) is 6.07 Å². The number of aromatic amines is 1. The Morgan fingerprint density at radius 1 is 1.25 bits per heavy atom. The highest BCUT2D eigenvalue weighted by molar-refractivity contribution is 5.64. The van der Waals surface area contributed by atoms with Crippen molar-refractivity contribution in [3.8, 4) is 17.5 Å². The van der Waals surface area contributed by atoms with E-state index in [-0.39, 0.29) is 17.9 Å². The summed E-state index contributed by atoms with van der Waals surface area (Å²) in [6, 6.07) is 11.3. The number of H-pyrrole nitrogens is 1. The third kappa shape index (κ3) is 4.22. The van der Waals surface area contributed by atoms with E-state index in [0.29, 0.717) is 33.8 Å². The number of ether oxygens (including phenoxy) is 1. The highest BCUT2D eigenvalue weighted by atomic mass is 16.5. The normalized spacial score (nSPS) is 15.1. The fourth-order valence-electron chi connectivity index (χ4n) is 3.40. The first-order chi connectivity index (χ1) is 15.4. The van der Waals surface area contributed by atoms with Crippen molar-refractivity contribution in [3.05, 3.63) is 58.9 Å². The van der Waals surface area contributed by atoms with Crippen LogP contribution < -0.4 is 20.8 Å². The number of rotatable bonds is 6. The Bertz CT molecular complexity index is 1400. The Balaban J connectivity index is 1.60. The fraction of sp³-hybridized carbons (Fsp3) is 0.261. The second-order valence-electron chi connectivity index (χ2n) is 8.12. The van der Waals surface area contributed by atoms with Gasteiger partial charge in [-0.2, -0.15) is 9.61 Å². The van der Waals surface area contributed by atoms with Crippen molar-refractivity contribution in [2.45, 2.75) is 38.8 Å². The molecule has 164 valence electrons. The lowest BCUT2D eigenvalue weighted by Gasteiger charge is -2.12. The lowest BCUT2D eigenvalue weighted by atomic mass is 10.2. The van der Waals surface area contributed by atoms with Crippen molar-refractivity contribution in [3.63, 3.8) is 0 Å². The zero-order valence-electron chi connectivity index (χ0n) is 17.8. The molecule has 9 nitrogen and oxygen atoms in total. The van der Waals surface area contributed by atoms with E-state index >= 15 is 0 Å². The monoisotopic (exact) mass is 432 g/mol. The summed E-state index contributed by atoms with van der Waals surface area (Å²) < 4.78 is 7.48. The van der Waals surface area contributed by atoms with Crippen LogP contribution in [0.1, 0.15) is 32.3 Å². The Morgan fingerprint density at radius 2 is 2.09 bits per heavy atom. The molecule has 32 heavy (non-hydrogen) atoms. The van der Waals surface area contributed by atoms with Crippen molar-refractivity contribution < 1.29 is 14.9 Å². The van der Waals surface area contributed by atoms with Gasteiger partial charge < -0.3 is 20.3 Å². The van der Waals surface area contributed by atoms with Crippen molar-refractivity contribution >= 4 is 23.2 Å².